The molecule has 3 rings (SSSR count). The minimum Gasteiger partial charge on any atom is -0.497 e. The highest BCUT2D eigenvalue weighted by molar-refractivity contribution is 5.94. The van der Waals surface area contributed by atoms with Gasteiger partial charge >= 0.3 is 0 Å². The molecule has 0 heterocycles. The van der Waals surface area contributed by atoms with Gasteiger partial charge in [-0.1, -0.05) is 18.2 Å². The maximum absolute atomic E-state index is 13.3. The summed E-state index contributed by atoms with van der Waals surface area (Å²) in [5, 5.41) is 0. The lowest BCUT2D eigenvalue weighted by atomic mass is 10.1. The number of hydrogen-bond donors (Lipinski definition) is 0. The zero-order valence-electron chi connectivity index (χ0n) is 19.0. The average Bonchev–Trinajstić information content (AvgIpc) is 2.86. The number of ether oxygens (including phenoxy) is 4. The van der Waals surface area contributed by atoms with E-state index in [0.29, 0.717) is 42.3 Å². The molecule has 0 saturated carbocycles. The summed E-state index contributed by atoms with van der Waals surface area (Å²) in [6, 6.07) is 20.8. The molecule has 1 amide bonds. The second-order valence-corrected chi connectivity index (χ2v) is 7.24. The molecule has 0 aliphatic rings. The number of benzene rings is 3. The standard InChI is InChI=1S/C26H29NO5/c1-29-22-10-5-20(6-11-22)18-27(26(28)21-8-12-23(30-2)13-9-21)16-15-19-7-14-24(31-3)25(17-19)32-4/h5-14,17H,15-16,18H2,1-4H3. The van der Waals surface area contributed by atoms with Gasteiger partial charge in [-0.25, -0.2) is 0 Å². The molecule has 32 heavy (non-hydrogen) atoms. The van der Waals surface area contributed by atoms with E-state index in [1.165, 1.54) is 0 Å². The molecule has 0 unspecified atom stereocenters. The Morgan fingerprint density at radius 2 is 1.25 bits per heavy atom. The van der Waals surface area contributed by atoms with Crippen LogP contribution in [0, 0.1) is 0 Å². The van der Waals surface area contributed by atoms with E-state index in [4.69, 9.17) is 18.9 Å². The molecule has 0 bridgehead atoms. The molecule has 0 atom stereocenters. The van der Waals surface area contributed by atoms with Crippen LogP contribution in [0.15, 0.2) is 66.7 Å². The summed E-state index contributed by atoms with van der Waals surface area (Å²) >= 11 is 0. The Labute approximate surface area is 189 Å². The van der Waals surface area contributed by atoms with Crippen LogP contribution in [0.2, 0.25) is 0 Å². The molecule has 0 fully saturated rings. The fourth-order valence-electron chi connectivity index (χ4n) is 3.42. The first-order valence-corrected chi connectivity index (χ1v) is 10.3. The molecule has 0 spiro atoms. The van der Waals surface area contributed by atoms with Crippen molar-refractivity contribution in [2.24, 2.45) is 0 Å². The summed E-state index contributed by atoms with van der Waals surface area (Å²) < 4.78 is 21.2. The average molecular weight is 436 g/mol. The molecular weight excluding hydrogens is 406 g/mol. The van der Waals surface area contributed by atoms with Crippen LogP contribution in [0.25, 0.3) is 0 Å². The minimum absolute atomic E-state index is 0.0380. The number of hydrogen-bond acceptors (Lipinski definition) is 5. The summed E-state index contributed by atoms with van der Waals surface area (Å²) in [6.07, 6.45) is 0.679. The maximum atomic E-state index is 13.3. The monoisotopic (exact) mass is 435 g/mol. The first-order valence-electron chi connectivity index (χ1n) is 10.3. The normalized spacial score (nSPS) is 10.4. The third kappa shape index (κ3) is 5.72. The van der Waals surface area contributed by atoms with Crippen LogP contribution in [0.4, 0.5) is 0 Å². The van der Waals surface area contributed by atoms with Crippen molar-refractivity contribution in [3.05, 3.63) is 83.4 Å². The van der Waals surface area contributed by atoms with Crippen molar-refractivity contribution in [1.82, 2.24) is 4.90 Å². The molecule has 6 nitrogen and oxygen atoms in total. The summed E-state index contributed by atoms with van der Waals surface area (Å²) in [4.78, 5) is 15.2. The molecule has 0 aromatic heterocycles. The highest BCUT2D eigenvalue weighted by Crippen LogP contribution is 2.28. The zero-order valence-corrected chi connectivity index (χ0v) is 19.0. The summed E-state index contributed by atoms with van der Waals surface area (Å²) in [5.74, 6) is 2.82. The number of amides is 1. The number of rotatable bonds is 10. The first kappa shape index (κ1) is 23.0. The lowest BCUT2D eigenvalue weighted by molar-refractivity contribution is 0.0745. The Balaban J connectivity index is 1.80. The van der Waals surface area contributed by atoms with E-state index in [-0.39, 0.29) is 5.91 Å². The number of methoxy groups -OCH3 is 4. The van der Waals surface area contributed by atoms with Gasteiger partial charge < -0.3 is 23.8 Å². The Kier molecular flexibility index (Phi) is 7.97. The Hall–Kier alpha value is -3.67. The molecule has 0 aliphatic heterocycles. The van der Waals surface area contributed by atoms with E-state index < -0.39 is 0 Å². The van der Waals surface area contributed by atoms with Crippen LogP contribution in [0.1, 0.15) is 21.5 Å². The van der Waals surface area contributed by atoms with E-state index in [0.717, 1.165) is 16.9 Å². The van der Waals surface area contributed by atoms with Crippen molar-refractivity contribution < 1.29 is 23.7 Å². The third-order valence-corrected chi connectivity index (χ3v) is 5.28. The minimum atomic E-state index is -0.0380. The van der Waals surface area contributed by atoms with E-state index in [9.17, 15) is 4.79 Å². The number of carbonyl (C=O) groups is 1. The van der Waals surface area contributed by atoms with E-state index >= 15 is 0 Å². The highest BCUT2D eigenvalue weighted by atomic mass is 16.5. The van der Waals surface area contributed by atoms with Gasteiger partial charge in [0.25, 0.3) is 5.91 Å². The van der Waals surface area contributed by atoms with Crippen molar-refractivity contribution in [1.29, 1.82) is 0 Å². The molecule has 0 radical (unpaired) electrons. The van der Waals surface area contributed by atoms with Crippen molar-refractivity contribution >= 4 is 5.91 Å². The van der Waals surface area contributed by atoms with Crippen LogP contribution in [0.3, 0.4) is 0 Å². The summed E-state index contributed by atoms with van der Waals surface area (Å²) in [7, 11) is 6.47. The van der Waals surface area contributed by atoms with Crippen LogP contribution < -0.4 is 18.9 Å². The molecule has 0 aliphatic carbocycles. The predicted octanol–water partition coefficient (Wildman–Crippen LogP) is 4.61. The predicted molar refractivity (Wildman–Crippen MR) is 124 cm³/mol. The van der Waals surface area contributed by atoms with Crippen molar-refractivity contribution in [3.63, 3.8) is 0 Å². The number of nitrogens with zero attached hydrogens (tertiary/aromatic N) is 1. The molecule has 3 aromatic carbocycles. The van der Waals surface area contributed by atoms with Crippen LogP contribution in [-0.2, 0) is 13.0 Å². The van der Waals surface area contributed by atoms with Gasteiger partial charge in [-0.3, -0.25) is 4.79 Å². The van der Waals surface area contributed by atoms with Crippen LogP contribution in [0.5, 0.6) is 23.0 Å². The SMILES string of the molecule is COc1ccc(CN(CCc2ccc(OC)c(OC)c2)C(=O)c2ccc(OC)cc2)cc1. The van der Waals surface area contributed by atoms with Gasteiger partial charge in [-0.15, -0.1) is 0 Å². The van der Waals surface area contributed by atoms with Crippen molar-refractivity contribution in [2.75, 3.05) is 35.0 Å². The van der Waals surface area contributed by atoms with Gasteiger partial charge in [-0.05, 0) is 66.1 Å². The largest absolute Gasteiger partial charge is 0.497 e. The van der Waals surface area contributed by atoms with Crippen molar-refractivity contribution in [2.45, 2.75) is 13.0 Å². The van der Waals surface area contributed by atoms with E-state index in [1.54, 1.807) is 52.7 Å². The molecule has 3 aromatic rings. The van der Waals surface area contributed by atoms with Gasteiger partial charge in [0.1, 0.15) is 11.5 Å². The smallest absolute Gasteiger partial charge is 0.254 e. The fourth-order valence-corrected chi connectivity index (χ4v) is 3.42. The van der Waals surface area contributed by atoms with Gasteiger partial charge in [0, 0.05) is 18.7 Å². The third-order valence-electron chi connectivity index (χ3n) is 5.28. The Bertz CT molecular complexity index is 1020. The lowest BCUT2D eigenvalue weighted by Gasteiger charge is -2.23. The quantitative estimate of drug-likeness (QED) is 0.466. The molecule has 168 valence electrons. The summed E-state index contributed by atoms with van der Waals surface area (Å²) in [5.41, 5.74) is 2.71. The van der Waals surface area contributed by atoms with E-state index in [1.807, 2.05) is 47.4 Å². The van der Waals surface area contributed by atoms with Gasteiger partial charge in [0.15, 0.2) is 11.5 Å². The fraction of sp³-hybridized carbons (Fsp3) is 0.269. The van der Waals surface area contributed by atoms with Crippen LogP contribution >= 0.6 is 0 Å². The molecule has 0 N–H and O–H groups in total. The lowest BCUT2D eigenvalue weighted by Crippen LogP contribution is -2.32. The van der Waals surface area contributed by atoms with Gasteiger partial charge in [-0.2, -0.15) is 0 Å². The van der Waals surface area contributed by atoms with Gasteiger partial charge in [0.05, 0.1) is 28.4 Å². The molecular formula is C26H29NO5. The van der Waals surface area contributed by atoms with Crippen molar-refractivity contribution in [3.8, 4) is 23.0 Å². The van der Waals surface area contributed by atoms with Crippen LogP contribution in [-0.4, -0.2) is 45.8 Å². The van der Waals surface area contributed by atoms with E-state index in [2.05, 4.69) is 0 Å². The highest BCUT2D eigenvalue weighted by Gasteiger charge is 2.17. The second-order valence-electron chi connectivity index (χ2n) is 7.24. The molecule has 6 heteroatoms. The maximum Gasteiger partial charge on any atom is 0.254 e. The Morgan fingerprint density at radius 1 is 0.688 bits per heavy atom. The first-order chi connectivity index (χ1) is 15.6. The van der Waals surface area contributed by atoms with Gasteiger partial charge in [0.2, 0.25) is 0 Å². The Morgan fingerprint density at radius 3 is 1.81 bits per heavy atom. The molecule has 0 saturated heterocycles. The second kappa shape index (κ2) is 11.1. The number of carbonyl (C=O) groups excluding carboxylic acids is 1. The zero-order chi connectivity index (χ0) is 22.9. The summed E-state index contributed by atoms with van der Waals surface area (Å²) in [6.45, 7) is 1.04. The topological polar surface area (TPSA) is 57.2 Å².